The number of nitrogens with zero attached hydrogens (tertiary/aromatic N) is 2. The van der Waals surface area contributed by atoms with Gasteiger partial charge in [-0.25, -0.2) is 0 Å². The largest absolute Gasteiger partial charge is 0.341 e. The number of hydrogen-bond donors (Lipinski definition) is 1. The Kier molecular flexibility index (Phi) is 2.70. The number of nitrogens with two attached hydrogens (primary N) is 1. The first-order chi connectivity index (χ1) is 8.69. The molecule has 1 amide bonds. The van der Waals surface area contributed by atoms with Crippen molar-refractivity contribution in [1.82, 2.24) is 9.47 Å². The minimum atomic E-state index is 0.0106. The molecule has 1 aromatic rings. The normalized spacial score (nSPS) is 25.7. The molecule has 5 heteroatoms. The van der Waals surface area contributed by atoms with E-state index < -0.39 is 0 Å². The van der Waals surface area contributed by atoms with Crippen LogP contribution in [0.1, 0.15) is 18.0 Å². The zero-order valence-corrected chi connectivity index (χ0v) is 10.2. The summed E-state index contributed by atoms with van der Waals surface area (Å²) in [4.78, 5) is 25.4. The number of piperidine rings is 1. The Hall–Kier alpha value is -1.62. The molecule has 2 aliphatic heterocycles. The molecule has 5 nitrogen and oxygen atoms in total. The highest BCUT2D eigenvalue weighted by atomic mass is 16.2. The Morgan fingerprint density at radius 3 is 2.94 bits per heavy atom. The summed E-state index contributed by atoms with van der Waals surface area (Å²) in [5.74, 6) is 0.671. The second kappa shape index (κ2) is 4.24. The van der Waals surface area contributed by atoms with Crippen molar-refractivity contribution in [3.8, 4) is 0 Å². The Morgan fingerprint density at radius 2 is 2.17 bits per heavy atom. The fourth-order valence-corrected chi connectivity index (χ4v) is 3.23. The summed E-state index contributed by atoms with van der Waals surface area (Å²) >= 11 is 0. The fourth-order valence-electron chi connectivity index (χ4n) is 3.23. The summed E-state index contributed by atoms with van der Waals surface area (Å²) in [5, 5.41) is 0. The van der Waals surface area contributed by atoms with E-state index in [9.17, 15) is 9.59 Å². The average molecular weight is 247 g/mol. The van der Waals surface area contributed by atoms with Gasteiger partial charge in [-0.05, 0) is 18.4 Å². The highest BCUT2D eigenvalue weighted by Crippen LogP contribution is 2.34. The number of pyridine rings is 1. The van der Waals surface area contributed by atoms with Crippen LogP contribution in [0.3, 0.4) is 0 Å². The van der Waals surface area contributed by atoms with Crippen molar-refractivity contribution < 1.29 is 4.79 Å². The Bertz CT molecular complexity index is 537. The standard InChI is InChI=1S/C13H17N3O2/c14-5-13(18)15-6-9-4-10(8-15)11-2-1-3-12(17)16(11)7-9/h1-3,9-10H,4-8,14H2/t9-,10-/m1/s1. The Balaban J connectivity index is 1.95. The summed E-state index contributed by atoms with van der Waals surface area (Å²) in [6, 6.07) is 5.41. The molecule has 0 aliphatic carbocycles. The molecule has 0 aromatic carbocycles. The smallest absolute Gasteiger partial charge is 0.250 e. The lowest BCUT2D eigenvalue weighted by Crippen LogP contribution is -2.50. The molecule has 0 radical (unpaired) electrons. The maximum atomic E-state index is 11.8. The first-order valence-electron chi connectivity index (χ1n) is 6.36. The van der Waals surface area contributed by atoms with Gasteiger partial charge in [-0.3, -0.25) is 9.59 Å². The van der Waals surface area contributed by atoms with E-state index in [0.717, 1.165) is 25.2 Å². The maximum Gasteiger partial charge on any atom is 0.250 e. The van der Waals surface area contributed by atoms with Crippen LogP contribution in [-0.2, 0) is 11.3 Å². The van der Waals surface area contributed by atoms with E-state index in [2.05, 4.69) is 0 Å². The highest BCUT2D eigenvalue weighted by molar-refractivity contribution is 5.78. The molecule has 96 valence electrons. The molecule has 1 fully saturated rings. The van der Waals surface area contributed by atoms with Crippen molar-refractivity contribution in [1.29, 1.82) is 0 Å². The quantitative estimate of drug-likeness (QED) is 0.744. The van der Waals surface area contributed by atoms with Crippen LogP contribution in [0, 0.1) is 5.92 Å². The van der Waals surface area contributed by atoms with Crippen LogP contribution in [0.5, 0.6) is 0 Å². The van der Waals surface area contributed by atoms with E-state index >= 15 is 0 Å². The minimum Gasteiger partial charge on any atom is -0.341 e. The summed E-state index contributed by atoms with van der Waals surface area (Å²) in [7, 11) is 0. The molecule has 1 aromatic heterocycles. The number of hydrogen-bond acceptors (Lipinski definition) is 3. The lowest BCUT2D eigenvalue weighted by Gasteiger charge is -2.42. The fraction of sp³-hybridized carbons (Fsp3) is 0.538. The van der Waals surface area contributed by atoms with Crippen LogP contribution in [-0.4, -0.2) is 35.0 Å². The summed E-state index contributed by atoms with van der Waals surface area (Å²) in [6.07, 6.45) is 1.07. The molecule has 0 unspecified atom stereocenters. The van der Waals surface area contributed by atoms with Crippen molar-refractivity contribution in [2.45, 2.75) is 18.9 Å². The van der Waals surface area contributed by atoms with Gasteiger partial charge < -0.3 is 15.2 Å². The summed E-state index contributed by atoms with van der Waals surface area (Å²) in [5.41, 5.74) is 6.56. The number of amides is 1. The molecular weight excluding hydrogens is 230 g/mol. The lowest BCUT2D eigenvalue weighted by molar-refractivity contribution is -0.132. The van der Waals surface area contributed by atoms with Gasteiger partial charge in [-0.1, -0.05) is 6.07 Å². The number of fused-ring (bicyclic) bond motifs is 4. The van der Waals surface area contributed by atoms with Gasteiger partial charge in [0.05, 0.1) is 6.54 Å². The van der Waals surface area contributed by atoms with Crippen LogP contribution in [0.15, 0.2) is 23.0 Å². The molecule has 0 spiro atoms. The molecule has 3 rings (SSSR count). The van der Waals surface area contributed by atoms with Crippen LogP contribution < -0.4 is 11.3 Å². The van der Waals surface area contributed by atoms with Crippen LogP contribution in [0.25, 0.3) is 0 Å². The number of carbonyl (C=O) groups is 1. The van der Waals surface area contributed by atoms with E-state index in [1.165, 1.54) is 0 Å². The van der Waals surface area contributed by atoms with Gasteiger partial charge in [-0.2, -0.15) is 0 Å². The van der Waals surface area contributed by atoms with Crippen LogP contribution in [0.2, 0.25) is 0 Å². The van der Waals surface area contributed by atoms with Crippen molar-refractivity contribution in [2.75, 3.05) is 19.6 Å². The molecule has 2 aliphatic rings. The van der Waals surface area contributed by atoms with E-state index in [-0.39, 0.29) is 23.9 Å². The zero-order chi connectivity index (χ0) is 12.7. The number of aromatic nitrogens is 1. The lowest BCUT2D eigenvalue weighted by atomic mass is 9.83. The first kappa shape index (κ1) is 11.5. The van der Waals surface area contributed by atoms with Gasteiger partial charge in [0.25, 0.3) is 5.56 Å². The monoisotopic (exact) mass is 247 g/mol. The average Bonchev–Trinajstić information content (AvgIpc) is 2.39. The molecular formula is C13H17N3O2. The second-order valence-electron chi connectivity index (χ2n) is 5.20. The van der Waals surface area contributed by atoms with Crippen molar-refractivity contribution in [3.63, 3.8) is 0 Å². The third-order valence-electron chi connectivity index (χ3n) is 4.01. The first-order valence-corrected chi connectivity index (χ1v) is 6.36. The molecule has 2 N–H and O–H groups in total. The van der Waals surface area contributed by atoms with Gasteiger partial charge >= 0.3 is 0 Å². The molecule has 2 bridgehead atoms. The van der Waals surface area contributed by atoms with E-state index in [1.54, 1.807) is 12.1 Å². The van der Waals surface area contributed by atoms with E-state index in [1.807, 2.05) is 15.5 Å². The second-order valence-corrected chi connectivity index (χ2v) is 5.20. The summed E-state index contributed by atoms with van der Waals surface area (Å²) < 4.78 is 1.86. The van der Waals surface area contributed by atoms with Gasteiger partial charge in [0.2, 0.25) is 5.91 Å². The third kappa shape index (κ3) is 1.75. The Labute approximate surface area is 105 Å². The third-order valence-corrected chi connectivity index (χ3v) is 4.01. The van der Waals surface area contributed by atoms with E-state index in [0.29, 0.717) is 12.5 Å². The zero-order valence-electron chi connectivity index (χ0n) is 10.2. The minimum absolute atomic E-state index is 0.0106. The highest BCUT2D eigenvalue weighted by Gasteiger charge is 2.35. The SMILES string of the molecule is NCC(=O)N1C[C@H]2C[C@H](C1)c1cccc(=O)n1C2. The van der Waals surface area contributed by atoms with Gasteiger partial charge in [0, 0.05) is 37.3 Å². The number of rotatable bonds is 1. The summed E-state index contributed by atoms with van der Waals surface area (Å²) in [6.45, 7) is 2.21. The molecule has 18 heavy (non-hydrogen) atoms. The van der Waals surface area contributed by atoms with E-state index in [4.69, 9.17) is 5.73 Å². The van der Waals surface area contributed by atoms with Crippen molar-refractivity contribution >= 4 is 5.91 Å². The van der Waals surface area contributed by atoms with Gasteiger partial charge in [-0.15, -0.1) is 0 Å². The topological polar surface area (TPSA) is 68.3 Å². The number of likely N-dealkylation sites (tertiary alicyclic amines) is 1. The Morgan fingerprint density at radius 1 is 1.33 bits per heavy atom. The predicted molar refractivity (Wildman–Crippen MR) is 67.2 cm³/mol. The molecule has 2 atom stereocenters. The van der Waals surface area contributed by atoms with Crippen molar-refractivity contribution in [3.05, 3.63) is 34.2 Å². The van der Waals surface area contributed by atoms with Gasteiger partial charge in [0.15, 0.2) is 0 Å². The van der Waals surface area contributed by atoms with Crippen LogP contribution >= 0.6 is 0 Å². The molecule has 0 saturated carbocycles. The van der Waals surface area contributed by atoms with Crippen LogP contribution in [0.4, 0.5) is 0 Å². The molecule has 3 heterocycles. The molecule has 1 saturated heterocycles. The number of carbonyl (C=O) groups excluding carboxylic acids is 1. The predicted octanol–water partition coefficient (Wildman–Crippen LogP) is -0.247. The van der Waals surface area contributed by atoms with Crippen molar-refractivity contribution in [2.24, 2.45) is 11.7 Å². The van der Waals surface area contributed by atoms with Gasteiger partial charge in [0.1, 0.15) is 0 Å². The maximum absolute atomic E-state index is 11.8.